The standard InChI is InChI=1S/C15H21N3O5S/c1-4-16-15(22)17-11(19)8-23-14(21)12(9(2)3)18-13(20)10-6-5-7-24-10/h5-7,9,12H,4,8H2,1-3H3,(H,18,20)(H2,16,17,19,22). The highest BCUT2D eigenvalue weighted by molar-refractivity contribution is 7.12. The first-order chi connectivity index (χ1) is 11.3. The molecule has 3 N–H and O–H groups in total. The van der Waals surface area contributed by atoms with Gasteiger partial charge in [0.15, 0.2) is 6.61 Å². The van der Waals surface area contributed by atoms with Gasteiger partial charge in [-0.2, -0.15) is 0 Å². The van der Waals surface area contributed by atoms with Crippen molar-refractivity contribution in [1.29, 1.82) is 0 Å². The van der Waals surface area contributed by atoms with Crippen LogP contribution in [0.1, 0.15) is 30.4 Å². The second kappa shape index (κ2) is 9.66. The smallest absolute Gasteiger partial charge is 0.329 e. The first-order valence-electron chi connectivity index (χ1n) is 7.43. The summed E-state index contributed by atoms with van der Waals surface area (Å²) in [6, 6.07) is 1.82. The number of ether oxygens (including phenoxy) is 1. The van der Waals surface area contributed by atoms with Crippen LogP contribution in [0.3, 0.4) is 0 Å². The number of urea groups is 1. The van der Waals surface area contributed by atoms with Crippen molar-refractivity contribution in [3.05, 3.63) is 22.4 Å². The van der Waals surface area contributed by atoms with E-state index < -0.39 is 30.6 Å². The van der Waals surface area contributed by atoms with Crippen LogP contribution in [0.4, 0.5) is 4.79 Å². The maximum Gasteiger partial charge on any atom is 0.329 e. The van der Waals surface area contributed by atoms with Crippen LogP contribution in [0, 0.1) is 5.92 Å². The van der Waals surface area contributed by atoms with Gasteiger partial charge < -0.3 is 15.4 Å². The molecule has 24 heavy (non-hydrogen) atoms. The van der Waals surface area contributed by atoms with Crippen molar-refractivity contribution in [2.75, 3.05) is 13.2 Å². The SMILES string of the molecule is CCNC(=O)NC(=O)COC(=O)C(NC(=O)c1cccs1)C(C)C. The Morgan fingerprint density at radius 3 is 2.50 bits per heavy atom. The molecular weight excluding hydrogens is 334 g/mol. The van der Waals surface area contributed by atoms with Gasteiger partial charge in [-0.25, -0.2) is 9.59 Å². The average Bonchev–Trinajstić information content (AvgIpc) is 3.04. The molecule has 8 nitrogen and oxygen atoms in total. The van der Waals surface area contributed by atoms with Gasteiger partial charge in [-0.05, 0) is 24.3 Å². The molecule has 0 radical (unpaired) electrons. The highest BCUT2D eigenvalue weighted by Crippen LogP contribution is 2.11. The Kier molecular flexibility index (Phi) is 7.90. The molecule has 0 aromatic carbocycles. The van der Waals surface area contributed by atoms with E-state index in [0.29, 0.717) is 11.4 Å². The Bertz CT molecular complexity index is 586. The first-order valence-corrected chi connectivity index (χ1v) is 8.31. The van der Waals surface area contributed by atoms with E-state index in [-0.39, 0.29) is 11.8 Å². The summed E-state index contributed by atoms with van der Waals surface area (Å²) in [6.45, 7) is 4.95. The molecule has 0 spiro atoms. The van der Waals surface area contributed by atoms with Crippen molar-refractivity contribution in [1.82, 2.24) is 16.0 Å². The summed E-state index contributed by atoms with van der Waals surface area (Å²) < 4.78 is 4.88. The van der Waals surface area contributed by atoms with E-state index in [9.17, 15) is 19.2 Å². The zero-order valence-corrected chi connectivity index (χ0v) is 14.6. The number of carbonyl (C=O) groups is 4. The maximum absolute atomic E-state index is 12.1. The molecule has 1 rings (SSSR count). The van der Waals surface area contributed by atoms with Crippen molar-refractivity contribution in [3.8, 4) is 0 Å². The lowest BCUT2D eigenvalue weighted by molar-refractivity contribution is -0.151. The van der Waals surface area contributed by atoms with Crippen LogP contribution in [-0.4, -0.2) is 43.0 Å². The van der Waals surface area contributed by atoms with Gasteiger partial charge in [0, 0.05) is 6.54 Å². The topological polar surface area (TPSA) is 114 Å². The van der Waals surface area contributed by atoms with E-state index in [1.165, 1.54) is 11.3 Å². The van der Waals surface area contributed by atoms with Crippen molar-refractivity contribution < 1.29 is 23.9 Å². The van der Waals surface area contributed by atoms with Crippen LogP contribution in [0.2, 0.25) is 0 Å². The molecule has 0 aliphatic rings. The molecule has 1 aromatic rings. The molecule has 0 aliphatic heterocycles. The highest BCUT2D eigenvalue weighted by atomic mass is 32.1. The predicted octanol–water partition coefficient (Wildman–Crippen LogP) is 0.891. The van der Waals surface area contributed by atoms with Crippen LogP contribution in [-0.2, 0) is 14.3 Å². The fourth-order valence-electron chi connectivity index (χ4n) is 1.71. The maximum atomic E-state index is 12.1. The molecule has 0 saturated carbocycles. The lowest BCUT2D eigenvalue weighted by Crippen LogP contribution is -2.46. The number of rotatable bonds is 7. The Morgan fingerprint density at radius 1 is 1.25 bits per heavy atom. The highest BCUT2D eigenvalue weighted by Gasteiger charge is 2.27. The molecular formula is C15H21N3O5S. The molecule has 1 heterocycles. The molecule has 1 atom stereocenters. The summed E-state index contributed by atoms with van der Waals surface area (Å²) in [4.78, 5) is 47.3. The fraction of sp³-hybridized carbons (Fsp3) is 0.467. The summed E-state index contributed by atoms with van der Waals surface area (Å²) in [5.41, 5.74) is 0. The van der Waals surface area contributed by atoms with Crippen LogP contribution >= 0.6 is 11.3 Å². The van der Waals surface area contributed by atoms with E-state index in [0.717, 1.165) is 0 Å². The predicted molar refractivity (Wildman–Crippen MR) is 88.6 cm³/mol. The Labute approximate surface area is 143 Å². The Balaban J connectivity index is 2.53. The fourth-order valence-corrected chi connectivity index (χ4v) is 2.34. The van der Waals surface area contributed by atoms with Crippen molar-refractivity contribution >= 4 is 35.2 Å². The van der Waals surface area contributed by atoms with E-state index in [4.69, 9.17) is 4.74 Å². The number of nitrogens with one attached hydrogen (secondary N) is 3. The zero-order valence-electron chi connectivity index (χ0n) is 13.8. The van der Waals surface area contributed by atoms with Gasteiger partial charge in [-0.15, -0.1) is 11.3 Å². The molecule has 132 valence electrons. The van der Waals surface area contributed by atoms with Crippen molar-refractivity contribution in [3.63, 3.8) is 0 Å². The van der Waals surface area contributed by atoms with Gasteiger partial charge >= 0.3 is 12.0 Å². The first kappa shape index (κ1) is 19.6. The second-order valence-electron chi connectivity index (χ2n) is 5.19. The largest absolute Gasteiger partial charge is 0.454 e. The van der Waals surface area contributed by atoms with E-state index in [2.05, 4.69) is 10.6 Å². The Hall–Kier alpha value is -2.42. The molecule has 1 unspecified atom stereocenters. The van der Waals surface area contributed by atoms with Crippen LogP contribution in [0.5, 0.6) is 0 Å². The molecule has 0 fully saturated rings. The zero-order chi connectivity index (χ0) is 18.1. The summed E-state index contributed by atoms with van der Waals surface area (Å²) in [7, 11) is 0. The summed E-state index contributed by atoms with van der Waals surface area (Å²) in [5, 5.41) is 8.74. The molecule has 0 bridgehead atoms. The van der Waals surface area contributed by atoms with E-state index in [1.807, 2.05) is 5.32 Å². The third kappa shape index (κ3) is 6.37. The van der Waals surface area contributed by atoms with Gasteiger partial charge in [-0.1, -0.05) is 19.9 Å². The van der Waals surface area contributed by atoms with Gasteiger partial charge in [0.2, 0.25) is 0 Å². The second-order valence-corrected chi connectivity index (χ2v) is 6.14. The van der Waals surface area contributed by atoms with Crippen LogP contribution < -0.4 is 16.0 Å². The Morgan fingerprint density at radius 2 is 1.96 bits per heavy atom. The number of hydrogen-bond acceptors (Lipinski definition) is 6. The molecule has 4 amide bonds. The number of esters is 1. The number of imide groups is 1. The quantitative estimate of drug-likeness (QED) is 0.629. The molecule has 9 heteroatoms. The lowest BCUT2D eigenvalue weighted by atomic mass is 10.0. The molecule has 0 saturated heterocycles. The summed E-state index contributed by atoms with van der Waals surface area (Å²) in [6.07, 6.45) is 0. The third-order valence-electron chi connectivity index (χ3n) is 2.89. The summed E-state index contributed by atoms with van der Waals surface area (Å²) >= 11 is 1.25. The minimum atomic E-state index is -0.892. The van der Waals surface area contributed by atoms with Gasteiger partial charge in [0.1, 0.15) is 6.04 Å². The number of amides is 4. The van der Waals surface area contributed by atoms with Crippen molar-refractivity contribution in [2.45, 2.75) is 26.8 Å². The molecule has 0 aliphatic carbocycles. The lowest BCUT2D eigenvalue weighted by Gasteiger charge is -2.20. The van der Waals surface area contributed by atoms with Crippen molar-refractivity contribution in [2.24, 2.45) is 5.92 Å². The van der Waals surface area contributed by atoms with Gasteiger partial charge in [-0.3, -0.25) is 14.9 Å². The minimum Gasteiger partial charge on any atom is -0.454 e. The average molecular weight is 355 g/mol. The van der Waals surface area contributed by atoms with Gasteiger partial charge in [0.25, 0.3) is 11.8 Å². The number of thiophene rings is 1. The molecule has 1 aromatic heterocycles. The normalized spacial score (nSPS) is 11.5. The van der Waals surface area contributed by atoms with E-state index in [1.54, 1.807) is 38.3 Å². The van der Waals surface area contributed by atoms with Crippen LogP contribution in [0.25, 0.3) is 0 Å². The number of carbonyl (C=O) groups excluding carboxylic acids is 4. The number of hydrogen-bond donors (Lipinski definition) is 3. The van der Waals surface area contributed by atoms with E-state index >= 15 is 0 Å². The monoisotopic (exact) mass is 355 g/mol. The van der Waals surface area contributed by atoms with Gasteiger partial charge in [0.05, 0.1) is 4.88 Å². The summed E-state index contributed by atoms with van der Waals surface area (Å²) in [5.74, 6) is -2.09. The van der Waals surface area contributed by atoms with Crippen LogP contribution in [0.15, 0.2) is 17.5 Å². The third-order valence-corrected chi connectivity index (χ3v) is 3.76. The minimum absolute atomic E-state index is 0.229.